The Balaban J connectivity index is 3.00. The topological polar surface area (TPSA) is 65.2 Å². The zero-order valence-corrected chi connectivity index (χ0v) is 8.04. The van der Waals surface area contributed by atoms with Crippen molar-refractivity contribution in [3.63, 3.8) is 0 Å². The number of anilines is 1. The Hall–Kier alpha value is -1.72. The number of nitrogen functional groups attached to an aromatic ring is 1. The van der Waals surface area contributed by atoms with Gasteiger partial charge in [-0.25, -0.2) is 8.78 Å². The molecule has 1 rings (SSSR count). The Bertz CT molecular complexity index is 369. The predicted octanol–water partition coefficient (Wildman–Crippen LogP) is 1.32. The number of nitrogens with zero attached hydrogens (tertiary/aromatic N) is 1. The normalized spacial score (nSPS) is 10.4. The van der Waals surface area contributed by atoms with Gasteiger partial charge in [0.2, 0.25) is 0 Å². The third-order valence-electron chi connectivity index (χ3n) is 1.80. The summed E-state index contributed by atoms with van der Waals surface area (Å²) in [5.74, 6) is -0.617. The van der Waals surface area contributed by atoms with Crippen molar-refractivity contribution in [3.05, 3.63) is 23.5 Å². The number of halogens is 2. The number of hydrogen-bond donors (Lipinski definition) is 1. The van der Waals surface area contributed by atoms with Crippen LogP contribution in [0.5, 0.6) is 0 Å². The van der Waals surface area contributed by atoms with Crippen LogP contribution in [0, 0.1) is 0 Å². The van der Waals surface area contributed by atoms with Gasteiger partial charge in [0.1, 0.15) is 0 Å². The number of hydrogen-bond acceptors (Lipinski definition) is 4. The Morgan fingerprint density at radius 3 is 2.87 bits per heavy atom. The van der Waals surface area contributed by atoms with E-state index in [0.29, 0.717) is 0 Å². The molecular weight excluding hydrogens is 206 g/mol. The van der Waals surface area contributed by atoms with Gasteiger partial charge in [-0.1, -0.05) is 0 Å². The highest BCUT2D eigenvalue weighted by atomic mass is 19.3. The van der Waals surface area contributed by atoms with E-state index in [1.807, 2.05) is 0 Å². The van der Waals surface area contributed by atoms with Crippen molar-refractivity contribution in [1.82, 2.24) is 4.98 Å². The summed E-state index contributed by atoms with van der Waals surface area (Å²) in [5.41, 5.74) is 5.11. The standard InChI is InChI=1S/C9H10F2N2O2/c1-15-8(14)3-7-6(9(10)11)2-5(12)4-13-7/h2,4,9H,3,12H2,1H3. The van der Waals surface area contributed by atoms with E-state index >= 15 is 0 Å². The second-order valence-electron chi connectivity index (χ2n) is 2.86. The van der Waals surface area contributed by atoms with Gasteiger partial charge in [0, 0.05) is 5.56 Å². The molecule has 0 radical (unpaired) electrons. The van der Waals surface area contributed by atoms with Crippen LogP contribution < -0.4 is 5.73 Å². The first-order valence-electron chi connectivity index (χ1n) is 4.14. The lowest BCUT2D eigenvalue weighted by Crippen LogP contribution is -2.09. The highest BCUT2D eigenvalue weighted by Crippen LogP contribution is 2.23. The molecule has 0 saturated carbocycles. The van der Waals surface area contributed by atoms with Crippen LogP contribution in [-0.2, 0) is 16.0 Å². The summed E-state index contributed by atoms with van der Waals surface area (Å²) < 4.78 is 29.4. The van der Waals surface area contributed by atoms with Gasteiger partial charge in [-0.2, -0.15) is 0 Å². The molecule has 0 aliphatic carbocycles. The number of rotatable bonds is 3. The summed E-state index contributed by atoms with van der Waals surface area (Å²) in [6, 6.07) is 1.11. The molecule has 15 heavy (non-hydrogen) atoms. The van der Waals surface area contributed by atoms with Crippen LogP contribution in [0.15, 0.2) is 12.3 Å². The molecule has 0 atom stereocenters. The molecule has 2 N–H and O–H groups in total. The van der Waals surface area contributed by atoms with Crippen LogP contribution in [-0.4, -0.2) is 18.1 Å². The van der Waals surface area contributed by atoms with E-state index < -0.39 is 12.4 Å². The van der Waals surface area contributed by atoms with Crippen LogP contribution >= 0.6 is 0 Å². The second kappa shape index (κ2) is 4.68. The summed E-state index contributed by atoms with van der Waals surface area (Å²) in [7, 11) is 1.18. The predicted molar refractivity (Wildman–Crippen MR) is 49.3 cm³/mol. The summed E-state index contributed by atoms with van der Waals surface area (Å²) >= 11 is 0. The maximum atomic E-state index is 12.5. The molecule has 1 aromatic heterocycles. The minimum Gasteiger partial charge on any atom is -0.469 e. The van der Waals surface area contributed by atoms with Crippen LogP contribution in [0.3, 0.4) is 0 Å². The number of nitrogens with two attached hydrogens (primary N) is 1. The molecule has 0 fully saturated rings. The molecule has 6 heteroatoms. The fourth-order valence-corrected chi connectivity index (χ4v) is 1.07. The van der Waals surface area contributed by atoms with Crippen molar-refractivity contribution in [3.8, 4) is 0 Å². The van der Waals surface area contributed by atoms with E-state index in [4.69, 9.17) is 5.73 Å². The van der Waals surface area contributed by atoms with Gasteiger partial charge < -0.3 is 10.5 Å². The quantitative estimate of drug-likeness (QED) is 0.774. The fourth-order valence-electron chi connectivity index (χ4n) is 1.07. The number of alkyl halides is 2. The van der Waals surface area contributed by atoms with Crippen molar-refractivity contribution in [2.24, 2.45) is 0 Å². The Morgan fingerprint density at radius 2 is 2.33 bits per heavy atom. The Kier molecular flexibility index (Phi) is 3.54. The van der Waals surface area contributed by atoms with Crippen LogP contribution in [0.1, 0.15) is 17.7 Å². The van der Waals surface area contributed by atoms with Crippen molar-refractivity contribution >= 4 is 11.7 Å². The lowest BCUT2D eigenvalue weighted by Gasteiger charge is -2.07. The highest BCUT2D eigenvalue weighted by molar-refractivity contribution is 5.72. The van der Waals surface area contributed by atoms with E-state index in [-0.39, 0.29) is 23.4 Å². The number of pyridine rings is 1. The largest absolute Gasteiger partial charge is 0.469 e. The molecule has 0 unspecified atom stereocenters. The van der Waals surface area contributed by atoms with E-state index in [1.54, 1.807) is 0 Å². The first kappa shape index (κ1) is 11.4. The van der Waals surface area contributed by atoms with Gasteiger partial charge in [0.05, 0.1) is 31.1 Å². The van der Waals surface area contributed by atoms with Crippen molar-refractivity contribution in [2.75, 3.05) is 12.8 Å². The summed E-state index contributed by atoms with van der Waals surface area (Å²) in [6.07, 6.45) is -1.76. The molecule has 0 aromatic carbocycles. The minimum absolute atomic E-state index is 0.00829. The zero-order chi connectivity index (χ0) is 11.4. The highest BCUT2D eigenvalue weighted by Gasteiger charge is 2.17. The van der Waals surface area contributed by atoms with E-state index in [2.05, 4.69) is 9.72 Å². The second-order valence-corrected chi connectivity index (χ2v) is 2.86. The van der Waals surface area contributed by atoms with Gasteiger partial charge in [-0.15, -0.1) is 0 Å². The molecule has 82 valence electrons. The molecule has 0 bridgehead atoms. The molecule has 0 saturated heterocycles. The third kappa shape index (κ3) is 2.87. The third-order valence-corrected chi connectivity index (χ3v) is 1.80. The average Bonchev–Trinajstić information content (AvgIpc) is 2.20. The van der Waals surface area contributed by atoms with Crippen molar-refractivity contribution < 1.29 is 18.3 Å². The number of aromatic nitrogens is 1. The monoisotopic (exact) mass is 216 g/mol. The van der Waals surface area contributed by atoms with Gasteiger partial charge in [0.25, 0.3) is 6.43 Å². The average molecular weight is 216 g/mol. The van der Waals surface area contributed by atoms with Gasteiger partial charge in [0.15, 0.2) is 0 Å². The van der Waals surface area contributed by atoms with Gasteiger partial charge >= 0.3 is 5.97 Å². The van der Waals surface area contributed by atoms with E-state index in [9.17, 15) is 13.6 Å². The molecule has 0 aliphatic heterocycles. The van der Waals surface area contributed by atoms with E-state index in [1.165, 1.54) is 13.3 Å². The minimum atomic E-state index is -2.71. The summed E-state index contributed by atoms with van der Waals surface area (Å²) in [6.45, 7) is 0. The maximum absolute atomic E-state index is 12.5. The zero-order valence-electron chi connectivity index (χ0n) is 8.04. The summed E-state index contributed by atoms with van der Waals surface area (Å²) in [5, 5.41) is 0. The maximum Gasteiger partial charge on any atom is 0.311 e. The molecule has 1 aromatic rings. The smallest absolute Gasteiger partial charge is 0.311 e. The Morgan fingerprint density at radius 1 is 1.67 bits per heavy atom. The summed E-state index contributed by atoms with van der Waals surface area (Å²) in [4.78, 5) is 14.6. The van der Waals surface area contributed by atoms with Crippen LogP contribution in [0.25, 0.3) is 0 Å². The number of ether oxygens (including phenoxy) is 1. The Labute approximate surface area is 85.1 Å². The SMILES string of the molecule is COC(=O)Cc1ncc(N)cc1C(F)F. The first-order valence-corrected chi connectivity index (χ1v) is 4.14. The number of carbonyl (C=O) groups is 1. The van der Waals surface area contributed by atoms with Gasteiger partial charge in [-0.05, 0) is 6.07 Å². The van der Waals surface area contributed by atoms with E-state index in [0.717, 1.165) is 6.07 Å². The number of carbonyl (C=O) groups excluding carboxylic acids is 1. The molecule has 0 spiro atoms. The van der Waals surface area contributed by atoms with Gasteiger partial charge in [-0.3, -0.25) is 9.78 Å². The number of methoxy groups -OCH3 is 1. The first-order chi connectivity index (χ1) is 7.04. The fraction of sp³-hybridized carbons (Fsp3) is 0.333. The van der Waals surface area contributed by atoms with Crippen LogP contribution in [0.2, 0.25) is 0 Å². The molecular formula is C9H10F2N2O2. The lowest BCUT2D eigenvalue weighted by atomic mass is 10.1. The van der Waals surface area contributed by atoms with Crippen LogP contribution in [0.4, 0.5) is 14.5 Å². The van der Waals surface area contributed by atoms with Crippen molar-refractivity contribution in [2.45, 2.75) is 12.8 Å². The van der Waals surface area contributed by atoms with Crippen molar-refractivity contribution in [1.29, 1.82) is 0 Å². The number of esters is 1. The molecule has 0 aliphatic rings. The molecule has 0 amide bonds. The molecule has 4 nitrogen and oxygen atoms in total. The lowest BCUT2D eigenvalue weighted by molar-refractivity contribution is -0.139. The molecule has 1 heterocycles.